The molecule has 74 heavy (non-hydrogen) atoms. The third-order valence-electron chi connectivity index (χ3n) is 12.1. The Morgan fingerprint density at radius 1 is 0.649 bits per heavy atom. The third kappa shape index (κ3) is 11.2. The first-order valence-corrected chi connectivity index (χ1v) is 23.6. The molecule has 0 spiro atoms. The molecule has 374 valence electrons. The standard InChI is InChI=1S/C57H50N6O11/c1-36-20-26-41(27-21-36)52(65)70-34-57(62-35-58-47-50(62)60-55(59-39(4)64)61-51(47)73-56(68)63(44-16-10-6-11-17-44)45-18-12-7-13-19-45)49(72-54(67)43-30-24-38(3)25-31-43)48(71-53(66)42-28-22-37(2)23-29-42)46(74-57)33-69-32-40-14-8-5-9-15-40/h5-31,35,46,48-49H,32-34H2,1-4H3,(H,59,60,61,64)/t46-,48-,49-,57-/m1/s1. The van der Waals surface area contributed by atoms with Crippen molar-refractivity contribution in [2.24, 2.45) is 0 Å². The lowest BCUT2D eigenvalue weighted by Crippen LogP contribution is -2.52. The van der Waals surface area contributed by atoms with Gasteiger partial charge in [0.25, 0.3) is 5.88 Å². The number of anilines is 3. The molecule has 1 saturated heterocycles. The summed E-state index contributed by atoms with van der Waals surface area (Å²) >= 11 is 0. The largest absolute Gasteiger partial charge is 0.457 e. The van der Waals surface area contributed by atoms with E-state index in [1.807, 2.05) is 51.1 Å². The van der Waals surface area contributed by atoms with Gasteiger partial charge < -0.3 is 28.4 Å². The van der Waals surface area contributed by atoms with Gasteiger partial charge in [-0.2, -0.15) is 9.97 Å². The summed E-state index contributed by atoms with van der Waals surface area (Å²) in [4.78, 5) is 85.5. The van der Waals surface area contributed by atoms with Gasteiger partial charge >= 0.3 is 24.0 Å². The molecule has 0 aliphatic carbocycles. The average molecular weight is 995 g/mol. The van der Waals surface area contributed by atoms with Crippen molar-refractivity contribution in [2.75, 3.05) is 23.4 Å². The van der Waals surface area contributed by atoms with E-state index in [2.05, 4.69) is 15.3 Å². The number of benzene rings is 6. The molecule has 8 aromatic rings. The van der Waals surface area contributed by atoms with Crippen LogP contribution in [-0.4, -0.2) is 81.0 Å². The van der Waals surface area contributed by atoms with Crippen LogP contribution in [-0.2, 0) is 40.8 Å². The van der Waals surface area contributed by atoms with Crippen LogP contribution in [0.4, 0.5) is 22.1 Å². The molecule has 4 atom stereocenters. The summed E-state index contributed by atoms with van der Waals surface area (Å²) in [6, 6.07) is 46.9. The van der Waals surface area contributed by atoms with Crippen LogP contribution in [0.3, 0.4) is 0 Å². The zero-order valence-corrected chi connectivity index (χ0v) is 40.7. The number of hydrogen-bond acceptors (Lipinski definition) is 14. The van der Waals surface area contributed by atoms with Crippen molar-refractivity contribution in [3.05, 3.63) is 209 Å². The molecule has 0 saturated carbocycles. The van der Waals surface area contributed by atoms with Gasteiger partial charge in [0, 0.05) is 6.92 Å². The lowest BCUT2D eigenvalue weighted by atomic mass is 10.0. The molecule has 1 aliphatic rings. The van der Waals surface area contributed by atoms with Gasteiger partial charge in [0.15, 0.2) is 23.4 Å². The highest BCUT2D eigenvalue weighted by Crippen LogP contribution is 2.43. The molecule has 2 amide bonds. The monoisotopic (exact) mass is 994 g/mol. The number of nitrogens with one attached hydrogen (secondary N) is 1. The topological polar surface area (TPSA) is 200 Å². The molecule has 1 fully saturated rings. The summed E-state index contributed by atoms with van der Waals surface area (Å²) in [6.45, 7) is 5.94. The SMILES string of the molecule is CC(=O)Nc1nc(OC(=O)N(c2ccccc2)c2ccccc2)c2ncn([C@]3(COC(=O)c4ccc(C)cc4)O[C@H](COCc4ccccc4)[C@@H](OC(=O)c4ccc(C)cc4)[C@H]3OC(=O)c3ccc(C)cc3)c2n1. The van der Waals surface area contributed by atoms with Crippen LogP contribution in [0.1, 0.15) is 60.3 Å². The summed E-state index contributed by atoms with van der Waals surface area (Å²) in [6.07, 6.45) is -4.12. The third-order valence-corrected chi connectivity index (χ3v) is 12.1. The first kappa shape index (κ1) is 49.9. The van der Waals surface area contributed by atoms with Gasteiger partial charge in [0.1, 0.15) is 12.7 Å². The summed E-state index contributed by atoms with van der Waals surface area (Å²) in [7, 11) is 0. The lowest BCUT2D eigenvalue weighted by molar-refractivity contribution is -0.175. The number of carbonyl (C=O) groups excluding carboxylic acids is 5. The number of rotatable bonds is 16. The van der Waals surface area contributed by atoms with Gasteiger partial charge in [-0.1, -0.05) is 120 Å². The number of ether oxygens (including phenoxy) is 6. The van der Waals surface area contributed by atoms with Gasteiger partial charge in [-0.05, 0) is 87.0 Å². The Balaban J connectivity index is 1.22. The number of aryl methyl sites for hydroxylation is 3. The van der Waals surface area contributed by atoms with Gasteiger partial charge in [0.2, 0.25) is 17.6 Å². The molecular weight excluding hydrogens is 945 g/mol. The number of imidazole rings is 1. The number of amides is 2. The highest BCUT2D eigenvalue weighted by atomic mass is 16.7. The minimum atomic E-state index is -2.24. The highest BCUT2D eigenvalue weighted by Gasteiger charge is 2.62. The summed E-state index contributed by atoms with van der Waals surface area (Å²) in [5, 5.41) is 2.57. The number of aromatic nitrogens is 4. The Morgan fingerprint density at radius 2 is 1.16 bits per heavy atom. The zero-order valence-electron chi connectivity index (χ0n) is 40.7. The van der Waals surface area contributed by atoms with Crippen LogP contribution in [0.25, 0.3) is 11.2 Å². The maximum Gasteiger partial charge on any atom is 0.425 e. The smallest absolute Gasteiger partial charge is 0.425 e. The van der Waals surface area contributed by atoms with Crippen molar-refractivity contribution in [3.63, 3.8) is 0 Å². The molecule has 3 heterocycles. The maximum absolute atomic E-state index is 14.6. The fourth-order valence-electron chi connectivity index (χ4n) is 8.29. The normalized spacial score (nSPS) is 17.0. The van der Waals surface area contributed by atoms with Crippen LogP contribution in [0.15, 0.2) is 170 Å². The first-order valence-electron chi connectivity index (χ1n) is 23.6. The van der Waals surface area contributed by atoms with Crippen molar-refractivity contribution >= 4 is 58.4 Å². The fraction of sp³-hybridized carbons (Fsp3) is 0.193. The minimum absolute atomic E-state index is 0.0988. The number of para-hydroxylation sites is 2. The molecular formula is C57H50N6O11. The Morgan fingerprint density at radius 3 is 1.70 bits per heavy atom. The van der Waals surface area contributed by atoms with Crippen molar-refractivity contribution in [1.82, 2.24) is 19.5 Å². The van der Waals surface area contributed by atoms with Crippen LogP contribution in [0.2, 0.25) is 0 Å². The molecule has 2 aromatic heterocycles. The van der Waals surface area contributed by atoms with E-state index in [4.69, 9.17) is 33.4 Å². The van der Waals surface area contributed by atoms with E-state index in [-0.39, 0.29) is 47.0 Å². The van der Waals surface area contributed by atoms with E-state index in [1.54, 1.807) is 133 Å². The summed E-state index contributed by atoms with van der Waals surface area (Å²) < 4.78 is 39.9. The predicted molar refractivity (Wildman–Crippen MR) is 272 cm³/mol. The molecule has 17 heteroatoms. The van der Waals surface area contributed by atoms with E-state index in [1.165, 1.54) is 22.7 Å². The molecule has 0 radical (unpaired) electrons. The molecule has 6 aromatic carbocycles. The molecule has 0 unspecified atom stereocenters. The van der Waals surface area contributed by atoms with Crippen LogP contribution >= 0.6 is 0 Å². The van der Waals surface area contributed by atoms with E-state index < -0.39 is 66.4 Å². The number of esters is 3. The maximum atomic E-state index is 14.6. The van der Waals surface area contributed by atoms with Gasteiger partial charge in [-0.3, -0.25) is 14.7 Å². The van der Waals surface area contributed by atoms with Gasteiger partial charge in [-0.25, -0.2) is 29.1 Å². The lowest BCUT2D eigenvalue weighted by Gasteiger charge is -2.35. The molecule has 0 bridgehead atoms. The van der Waals surface area contributed by atoms with Gasteiger partial charge in [-0.15, -0.1) is 0 Å². The fourth-order valence-corrected chi connectivity index (χ4v) is 8.29. The van der Waals surface area contributed by atoms with Crippen LogP contribution in [0, 0.1) is 20.8 Å². The van der Waals surface area contributed by atoms with Crippen LogP contribution < -0.4 is 15.0 Å². The molecule has 1 N–H and O–H groups in total. The van der Waals surface area contributed by atoms with Crippen molar-refractivity contribution in [2.45, 2.75) is 58.3 Å². The first-order chi connectivity index (χ1) is 35.8. The average Bonchev–Trinajstić information content (AvgIpc) is 3.97. The number of nitrogens with zero attached hydrogens (tertiary/aromatic N) is 5. The van der Waals surface area contributed by atoms with E-state index in [9.17, 15) is 24.0 Å². The molecule has 9 rings (SSSR count). The number of fused-ring (bicyclic) bond motifs is 1. The van der Waals surface area contributed by atoms with Gasteiger partial charge in [0.05, 0.1) is 47.6 Å². The van der Waals surface area contributed by atoms with Crippen molar-refractivity contribution in [1.29, 1.82) is 0 Å². The molecule has 17 nitrogen and oxygen atoms in total. The van der Waals surface area contributed by atoms with Crippen molar-refractivity contribution in [3.8, 4) is 5.88 Å². The predicted octanol–water partition coefficient (Wildman–Crippen LogP) is 9.62. The molecule has 1 aliphatic heterocycles. The summed E-state index contributed by atoms with van der Waals surface area (Å²) in [5.41, 5.74) is 2.36. The minimum Gasteiger partial charge on any atom is -0.457 e. The Hall–Kier alpha value is -9.06. The number of hydrogen-bond donors (Lipinski definition) is 1. The van der Waals surface area contributed by atoms with E-state index in [0.717, 1.165) is 22.3 Å². The van der Waals surface area contributed by atoms with Crippen molar-refractivity contribution < 1.29 is 52.4 Å². The number of carbonyl (C=O) groups is 5. The van der Waals surface area contributed by atoms with E-state index in [0.29, 0.717) is 11.4 Å². The van der Waals surface area contributed by atoms with E-state index >= 15 is 0 Å². The Bertz CT molecular complexity index is 3250. The second-order valence-corrected chi connectivity index (χ2v) is 17.6. The summed E-state index contributed by atoms with van der Waals surface area (Å²) in [5.74, 6) is -3.75. The Kier molecular flexibility index (Phi) is 14.9. The second kappa shape index (κ2) is 22.1. The highest BCUT2D eigenvalue weighted by molar-refractivity contribution is 5.98. The quantitative estimate of drug-likeness (QED) is 0.0709. The zero-order chi connectivity index (χ0) is 51.8. The van der Waals surface area contributed by atoms with Crippen LogP contribution in [0.5, 0.6) is 5.88 Å². The second-order valence-electron chi connectivity index (χ2n) is 17.6. The Labute approximate surface area is 425 Å².